The summed E-state index contributed by atoms with van der Waals surface area (Å²) in [6.45, 7) is 3.57. The zero-order valence-electron chi connectivity index (χ0n) is 12.2. The predicted molar refractivity (Wildman–Crippen MR) is 79.6 cm³/mol. The maximum Gasteiger partial charge on any atom is 0.349 e. The van der Waals surface area contributed by atoms with E-state index in [1.54, 1.807) is 19.1 Å². The fourth-order valence-corrected chi connectivity index (χ4v) is 3.03. The first-order valence-corrected chi connectivity index (χ1v) is 8.05. The Kier molecular flexibility index (Phi) is 4.62. The number of ether oxygens (including phenoxy) is 1. The topological polar surface area (TPSA) is 87.4 Å². The summed E-state index contributed by atoms with van der Waals surface area (Å²) < 4.78 is 31.0. The van der Waals surface area contributed by atoms with Gasteiger partial charge in [0.2, 0.25) is 0 Å². The molecule has 1 aromatic carbocycles. The summed E-state index contributed by atoms with van der Waals surface area (Å²) in [5, 5.41) is 0. The Hall–Kier alpha value is -2.19. The van der Waals surface area contributed by atoms with Crippen LogP contribution in [0.3, 0.4) is 0 Å². The van der Waals surface area contributed by atoms with Crippen LogP contribution in [0.25, 0.3) is 0 Å². The summed E-state index contributed by atoms with van der Waals surface area (Å²) in [6, 6.07) is 6.09. The molecule has 2 aromatic rings. The van der Waals surface area contributed by atoms with E-state index in [0.29, 0.717) is 10.6 Å². The first kappa shape index (κ1) is 16.2. The molecule has 0 saturated heterocycles. The molecule has 7 nitrogen and oxygen atoms in total. The van der Waals surface area contributed by atoms with Gasteiger partial charge in [-0.25, -0.2) is 17.8 Å². The number of rotatable bonds is 5. The van der Waals surface area contributed by atoms with Crippen LogP contribution in [0.2, 0.25) is 0 Å². The van der Waals surface area contributed by atoms with Gasteiger partial charge in [-0.15, -0.1) is 0 Å². The van der Waals surface area contributed by atoms with Crippen LogP contribution in [0.4, 0.5) is 0 Å². The monoisotopic (exact) mass is 324 g/mol. The van der Waals surface area contributed by atoms with Crippen LogP contribution in [-0.2, 0) is 14.8 Å². The lowest BCUT2D eigenvalue weighted by molar-refractivity contribution is 0.0694. The minimum atomic E-state index is -4.03. The Balaban J connectivity index is 2.41. The lowest BCUT2D eigenvalue weighted by atomic mass is 10.2. The molecule has 0 unspecified atom stereocenters. The fourth-order valence-electron chi connectivity index (χ4n) is 1.82. The van der Waals surface area contributed by atoms with E-state index in [1.807, 2.05) is 6.92 Å². The van der Waals surface area contributed by atoms with Gasteiger partial charge in [0.05, 0.1) is 4.90 Å². The number of aromatic nitrogens is 2. The molecule has 0 saturated carbocycles. The molecule has 0 radical (unpaired) electrons. The summed E-state index contributed by atoms with van der Waals surface area (Å²) in [4.78, 5) is 23.9. The largest absolute Gasteiger partial charge is 0.372 e. The number of benzene rings is 1. The second-order valence-corrected chi connectivity index (χ2v) is 6.41. The molecule has 0 bridgehead atoms. The molecule has 0 aliphatic carbocycles. The van der Waals surface area contributed by atoms with Crippen molar-refractivity contribution >= 4 is 15.9 Å². The quantitative estimate of drug-likeness (QED) is 0.814. The van der Waals surface area contributed by atoms with E-state index in [9.17, 15) is 18.0 Å². The average Bonchev–Trinajstić information content (AvgIpc) is 2.87. The third-order valence-corrected chi connectivity index (χ3v) is 4.69. The Morgan fingerprint density at radius 2 is 1.82 bits per heavy atom. The molecule has 1 aromatic heterocycles. The molecule has 0 atom stereocenters. The van der Waals surface area contributed by atoms with Crippen molar-refractivity contribution in [2.75, 3.05) is 13.2 Å². The zero-order valence-corrected chi connectivity index (χ0v) is 13.0. The molecule has 0 aliphatic heterocycles. The average molecular weight is 324 g/mol. The maximum atomic E-state index is 12.4. The molecule has 118 valence electrons. The second kappa shape index (κ2) is 6.29. The van der Waals surface area contributed by atoms with Crippen molar-refractivity contribution in [3.63, 3.8) is 0 Å². The first-order valence-electron chi connectivity index (χ1n) is 6.61. The van der Waals surface area contributed by atoms with Gasteiger partial charge in [-0.2, -0.15) is 3.97 Å². The summed E-state index contributed by atoms with van der Waals surface area (Å²) in [6.07, 6.45) is 2.18. The number of imidazole rings is 1. The number of nitrogens with zero attached hydrogens (tertiary/aromatic N) is 2. The minimum absolute atomic E-state index is 0.0183. The van der Waals surface area contributed by atoms with Crippen molar-refractivity contribution in [1.29, 1.82) is 0 Å². The van der Waals surface area contributed by atoms with Crippen LogP contribution >= 0.6 is 0 Å². The van der Waals surface area contributed by atoms with Crippen LogP contribution < -0.4 is 5.69 Å². The highest BCUT2D eigenvalue weighted by Crippen LogP contribution is 2.12. The summed E-state index contributed by atoms with van der Waals surface area (Å²) in [5.74, 6) is -0.621. The number of hydrogen-bond donors (Lipinski definition) is 0. The first-order chi connectivity index (χ1) is 10.4. The smallest absolute Gasteiger partial charge is 0.349 e. The predicted octanol–water partition coefficient (Wildman–Crippen LogP) is 0.872. The lowest BCUT2D eigenvalue weighted by Gasteiger charge is -2.05. The molecule has 0 amide bonds. The second-order valence-electron chi connectivity index (χ2n) is 4.60. The molecule has 22 heavy (non-hydrogen) atoms. The number of hydrogen-bond acceptors (Lipinski definition) is 5. The standard InChI is InChI=1S/C14H16N2O5S/c1-3-21-10-13(17)15-8-9-16(14(15)18)22(19,20)12-6-4-11(2)5-7-12/h4-9H,3,10H2,1-2H3. The van der Waals surface area contributed by atoms with Crippen molar-refractivity contribution in [3.8, 4) is 0 Å². The Morgan fingerprint density at radius 1 is 1.18 bits per heavy atom. The molecule has 0 N–H and O–H groups in total. The number of aryl methyl sites for hydroxylation is 1. The normalized spacial score (nSPS) is 11.5. The van der Waals surface area contributed by atoms with Gasteiger partial charge in [-0.1, -0.05) is 17.7 Å². The molecule has 8 heteroatoms. The zero-order chi connectivity index (χ0) is 16.3. The van der Waals surface area contributed by atoms with Crippen LogP contribution in [-0.4, -0.2) is 36.1 Å². The van der Waals surface area contributed by atoms with Crippen LogP contribution in [0.1, 0.15) is 17.3 Å². The highest BCUT2D eigenvalue weighted by Gasteiger charge is 2.22. The van der Waals surface area contributed by atoms with Gasteiger partial charge >= 0.3 is 5.69 Å². The molecule has 1 heterocycles. The van der Waals surface area contributed by atoms with Crippen LogP contribution in [0.15, 0.2) is 46.3 Å². The van der Waals surface area contributed by atoms with Gasteiger partial charge < -0.3 is 4.74 Å². The highest BCUT2D eigenvalue weighted by molar-refractivity contribution is 7.90. The van der Waals surface area contributed by atoms with E-state index in [1.165, 1.54) is 12.1 Å². The van der Waals surface area contributed by atoms with Gasteiger partial charge in [0.15, 0.2) is 0 Å². The highest BCUT2D eigenvalue weighted by atomic mass is 32.2. The van der Waals surface area contributed by atoms with Crippen molar-refractivity contribution in [2.24, 2.45) is 0 Å². The van der Waals surface area contributed by atoms with E-state index < -0.39 is 21.6 Å². The molecular formula is C14H16N2O5S. The van der Waals surface area contributed by atoms with Gasteiger partial charge in [-0.05, 0) is 26.0 Å². The van der Waals surface area contributed by atoms with E-state index in [2.05, 4.69) is 0 Å². The molecule has 0 fully saturated rings. The molecule has 2 rings (SSSR count). The van der Waals surface area contributed by atoms with Crippen molar-refractivity contribution in [2.45, 2.75) is 18.7 Å². The van der Waals surface area contributed by atoms with E-state index >= 15 is 0 Å². The summed E-state index contributed by atoms with van der Waals surface area (Å²) in [5.41, 5.74) is -0.0407. The molecule has 0 spiro atoms. The summed E-state index contributed by atoms with van der Waals surface area (Å²) in [7, 11) is -4.03. The number of carbonyl (C=O) groups is 1. The van der Waals surface area contributed by atoms with Crippen molar-refractivity contribution in [3.05, 3.63) is 52.7 Å². The van der Waals surface area contributed by atoms with Gasteiger partial charge in [-0.3, -0.25) is 4.79 Å². The minimum Gasteiger partial charge on any atom is -0.372 e. The maximum absolute atomic E-state index is 12.4. The Morgan fingerprint density at radius 3 is 2.41 bits per heavy atom. The van der Waals surface area contributed by atoms with Gasteiger partial charge in [0.1, 0.15) is 6.61 Å². The Labute approximate surface area is 127 Å². The Bertz CT molecular complexity index is 831. The molecular weight excluding hydrogens is 308 g/mol. The lowest BCUT2D eigenvalue weighted by Crippen LogP contribution is -2.33. The van der Waals surface area contributed by atoms with Crippen molar-refractivity contribution in [1.82, 2.24) is 8.54 Å². The van der Waals surface area contributed by atoms with E-state index in [0.717, 1.165) is 22.5 Å². The fraction of sp³-hybridized carbons (Fsp3) is 0.286. The third kappa shape index (κ3) is 3.02. The van der Waals surface area contributed by atoms with Crippen LogP contribution in [0.5, 0.6) is 0 Å². The third-order valence-electron chi connectivity index (χ3n) is 3.02. The number of carbonyl (C=O) groups excluding carboxylic acids is 1. The van der Waals surface area contributed by atoms with E-state index in [-0.39, 0.29) is 11.5 Å². The van der Waals surface area contributed by atoms with Crippen molar-refractivity contribution < 1.29 is 17.9 Å². The molecule has 0 aliphatic rings. The van der Waals surface area contributed by atoms with Gasteiger partial charge in [0, 0.05) is 19.0 Å². The summed E-state index contributed by atoms with van der Waals surface area (Å²) >= 11 is 0. The SMILES string of the molecule is CCOCC(=O)n1ccn(S(=O)(=O)c2ccc(C)cc2)c1=O. The van der Waals surface area contributed by atoms with Gasteiger partial charge in [0.25, 0.3) is 15.9 Å². The van der Waals surface area contributed by atoms with Crippen LogP contribution in [0, 0.1) is 6.92 Å². The van der Waals surface area contributed by atoms with E-state index in [4.69, 9.17) is 4.74 Å².